The van der Waals surface area contributed by atoms with Gasteiger partial charge in [0.2, 0.25) is 5.95 Å². The molecular weight excluding hydrogens is 405 g/mol. The van der Waals surface area contributed by atoms with Gasteiger partial charge in [-0.3, -0.25) is 10.1 Å². The fraction of sp³-hybridized carbons (Fsp3) is 0.524. The summed E-state index contributed by atoms with van der Waals surface area (Å²) in [4.78, 5) is 29.4. The number of hydrogen-bond acceptors (Lipinski definition) is 6. The lowest BCUT2D eigenvalue weighted by Crippen LogP contribution is -2.53. The van der Waals surface area contributed by atoms with Gasteiger partial charge in [-0.15, -0.1) is 0 Å². The third-order valence-electron chi connectivity index (χ3n) is 5.03. The van der Waals surface area contributed by atoms with E-state index >= 15 is 0 Å². The van der Waals surface area contributed by atoms with Gasteiger partial charge in [-0.25, -0.2) is 14.2 Å². The topological polar surface area (TPSA) is 103 Å². The van der Waals surface area contributed by atoms with Crippen LogP contribution in [0.15, 0.2) is 18.7 Å². The number of aromatic nitrogens is 2. The summed E-state index contributed by atoms with van der Waals surface area (Å²) in [5, 5.41) is 14.2. The molecule has 2 aromatic rings. The lowest BCUT2D eigenvalue weighted by molar-refractivity contribution is -0.385. The number of alkyl halides is 1. The smallest absolute Gasteiger partial charge is 0.407 e. The van der Waals surface area contributed by atoms with Crippen LogP contribution < -0.4 is 10.2 Å². The number of rotatable bonds is 4. The van der Waals surface area contributed by atoms with Crippen molar-refractivity contribution in [1.82, 2.24) is 14.9 Å². The second kappa shape index (κ2) is 8.16. The van der Waals surface area contributed by atoms with Crippen LogP contribution in [0.25, 0.3) is 16.6 Å². The number of carbonyl (C=O) groups is 1. The fourth-order valence-corrected chi connectivity index (χ4v) is 3.77. The van der Waals surface area contributed by atoms with Crippen molar-refractivity contribution in [2.75, 3.05) is 18.0 Å². The van der Waals surface area contributed by atoms with Crippen molar-refractivity contribution in [2.45, 2.75) is 51.9 Å². The maximum absolute atomic E-state index is 14.5. The number of carbonyl (C=O) groups excluding carboxylic acids is 1. The molecule has 10 heteroatoms. The molecule has 1 fully saturated rings. The minimum atomic E-state index is -1.17. The molecule has 2 atom stereocenters. The number of aryl methyl sites for hydroxylation is 1. The summed E-state index contributed by atoms with van der Waals surface area (Å²) in [5.74, 6) is 0.474. The van der Waals surface area contributed by atoms with E-state index < -0.39 is 28.8 Å². The Labute approximate surface area is 180 Å². The Balaban J connectivity index is 1.91. The molecule has 1 amide bonds. The molecule has 2 heterocycles. The molecule has 1 aliphatic heterocycles. The Hall–Kier alpha value is -3.17. The highest BCUT2D eigenvalue weighted by Crippen LogP contribution is 2.32. The number of anilines is 1. The summed E-state index contributed by atoms with van der Waals surface area (Å²) in [6.45, 7) is 11.3. The molecule has 9 nitrogen and oxygen atoms in total. The first-order valence-corrected chi connectivity index (χ1v) is 10.0. The lowest BCUT2D eigenvalue weighted by atomic mass is 10.0. The predicted octanol–water partition coefficient (Wildman–Crippen LogP) is 3.96. The zero-order valence-electron chi connectivity index (χ0n) is 18.4. The molecule has 0 bridgehead atoms. The summed E-state index contributed by atoms with van der Waals surface area (Å²) >= 11 is 0. The van der Waals surface area contributed by atoms with E-state index in [0.717, 1.165) is 0 Å². The molecule has 0 unspecified atom stereocenters. The first-order valence-electron chi connectivity index (χ1n) is 10.0. The van der Waals surface area contributed by atoms with Crippen molar-refractivity contribution in [3.8, 4) is 0 Å². The molecule has 0 saturated carbocycles. The summed E-state index contributed by atoms with van der Waals surface area (Å²) in [7, 11) is 1.77. The number of hydrogen-bond donors (Lipinski definition) is 1. The van der Waals surface area contributed by atoms with E-state index in [1.165, 1.54) is 6.07 Å². The number of alkyl carbamates (subject to hydrolysis) is 1. The van der Waals surface area contributed by atoms with Gasteiger partial charge in [-0.1, -0.05) is 6.58 Å². The van der Waals surface area contributed by atoms with Crippen molar-refractivity contribution in [3.05, 3.63) is 34.4 Å². The third-order valence-corrected chi connectivity index (χ3v) is 5.03. The summed E-state index contributed by atoms with van der Waals surface area (Å²) < 4.78 is 21.6. The third kappa shape index (κ3) is 4.95. The number of ether oxygens (including phenoxy) is 1. The van der Waals surface area contributed by atoms with Gasteiger partial charge >= 0.3 is 6.09 Å². The van der Waals surface area contributed by atoms with Crippen LogP contribution in [0.1, 0.15) is 39.7 Å². The number of fused-ring (bicyclic) bond motifs is 1. The number of nitro benzene ring substituents is 1. The van der Waals surface area contributed by atoms with Gasteiger partial charge in [-0.05, 0) is 39.3 Å². The summed E-state index contributed by atoms with van der Waals surface area (Å²) in [6.07, 6.45) is -1.60. The quantitative estimate of drug-likeness (QED) is 0.578. The first-order chi connectivity index (χ1) is 14.4. The molecule has 1 aromatic heterocycles. The minimum absolute atomic E-state index is 0.0730. The van der Waals surface area contributed by atoms with Crippen LogP contribution in [-0.4, -0.2) is 51.5 Å². The highest BCUT2D eigenvalue weighted by molar-refractivity contribution is 5.87. The lowest BCUT2D eigenvalue weighted by Gasteiger charge is -2.35. The van der Waals surface area contributed by atoms with Crippen molar-refractivity contribution >= 4 is 34.3 Å². The highest BCUT2D eigenvalue weighted by Gasteiger charge is 2.32. The molecule has 0 spiro atoms. The van der Waals surface area contributed by atoms with Crippen LogP contribution in [0.4, 0.5) is 20.8 Å². The molecule has 1 N–H and O–H groups in total. The maximum atomic E-state index is 14.5. The Morgan fingerprint density at radius 3 is 2.65 bits per heavy atom. The molecule has 31 heavy (non-hydrogen) atoms. The van der Waals surface area contributed by atoms with Crippen LogP contribution in [0, 0.1) is 10.1 Å². The molecule has 0 radical (unpaired) electrons. The molecule has 1 aromatic carbocycles. The molecule has 1 aliphatic rings. The zero-order chi connectivity index (χ0) is 23.1. The van der Waals surface area contributed by atoms with E-state index in [2.05, 4.69) is 16.9 Å². The van der Waals surface area contributed by atoms with Crippen molar-refractivity contribution in [2.24, 2.45) is 7.05 Å². The van der Waals surface area contributed by atoms with Crippen LogP contribution in [0.2, 0.25) is 0 Å². The van der Waals surface area contributed by atoms with Gasteiger partial charge < -0.3 is 19.5 Å². The highest BCUT2D eigenvalue weighted by atomic mass is 19.1. The van der Waals surface area contributed by atoms with Crippen LogP contribution in [-0.2, 0) is 11.8 Å². The van der Waals surface area contributed by atoms with E-state index in [1.807, 2.05) is 0 Å². The average Bonchev–Trinajstić information content (AvgIpc) is 2.94. The van der Waals surface area contributed by atoms with E-state index in [-0.39, 0.29) is 18.7 Å². The predicted molar refractivity (Wildman–Crippen MR) is 117 cm³/mol. The second-order valence-corrected chi connectivity index (χ2v) is 8.95. The van der Waals surface area contributed by atoms with Gasteiger partial charge in [0.1, 0.15) is 11.8 Å². The molecule has 168 valence electrons. The SMILES string of the molecule is C=C(C)c1cc2c(cc1[N+](=O)[O-])nc(N1C[C@H](F)C[C@@H](NC(=O)OC(C)(C)C)C1)n2C. The normalized spacial score (nSPS) is 19.4. The number of imidazole rings is 1. The Bertz CT molecular complexity index is 1040. The fourth-order valence-electron chi connectivity index (χ4n) is 3.77. The monoisotopic (exact) mass is 433 g/mol. The van der Waals surface area contributed by atoms with E-state index in [9.17, 15) is 19.3 Å². The first kappa shape index (κ1) is 22.5. The second-order valence-electron chi connectivity index (χ2n) is 8.95. The van der Waals surface area contributed by atoms with Gasteiger partial charge in [0, 0.05) is 26.1 Å². The largest absolute Gasteiger partial charge is 0.444 e. The van der Waals surface area contributed by atoms with Crippen LogP contribution >= 0.6 is 0 Å². The average molecular weight is 433 g/mol. The van der Waals surface area contributed by atoms with E-state index in [4.69, 9.17) is 4.74 Å². The Kier molecular flexibility index (Phi) is 5.93. The number of benzene rings is 1. The number of halogens is 1. The molecule has 1 saturated heterocycles. The van der Waals surface area contributed by atoms with E-state index in [0.29, 0.717) is 34.7 Å². The molecular formula is C21H28FN5O4. The molecule has 0 aliphatic carbocycles. The number of nitrogens with one attached hydrogen (secondary N) is 1. The van der Waals surface area contributed by atoms with Crippen molar-refractivity contribution in [1.29, 1.82) is 0 Å². The maximum Gasteiger partial charge on any atom is 0.407 e. The van der Waals surface area contributed by atoms with Gasteiger partial charge in [-0.2, -0.15) is 0 Å². The Morgan fingerprint density at radius 2 is 2.06 bits per heavy atom. The zero-order valence-corrected chi connectivity index (χ0v) is 18.4. The van der Waals surface area contributed by atoms with Crippen molar-refractivity contribution in [3.63, 3.8) is 0 Å². The standard InChI is InChI=1S/C21H28FN5O4/c1-12(2)15-8-18-16(9-17(15)27(29)30)24-19(25(18)6)26-10-13(22)7-14(11-26)23-20(28)31-21(3,4)5/h8-9,13-14H,1,7,10-11H2,2-6H3,(H,23,28)/t13-,14-/m1/s1. The number of piperidine rings is 1. The number of nitro groups is 1. The van der Waals surface area contributed by atoms with Crippen LogP contribution in [0.5, 0.6) is 0 Å². The van der Waals surface area contributed by atoms with Gasteiger partial charge in [0.15, 0.2) is 0 Å². The van der Waals surface area contributed by atoms with Gasteiger partial charge in [0.05, 0.1) is 34.1 Å². The van der Waals surface area contributed by atoms with E-state index in [1.54, 1.807) is 50.3 Å². The number of allylic oxidation sites excluding steroid dienone is 1. The molecule has 3 rings (SSSR count). The van der Waals surface area contributed by atoms with Gasteiger partial charge in [0.25, 0.3) is 5.69 Å². The summed E-state index contributed by atoms with van der Waals surface area (Å²) in [6, 6.07) is 2.63. The number of nitrogens with zero attached hydrogens (tertiary/aromatic N) is 4. The van der Waals surface area contributed by atoms with Crippen LogP contribution in [0.3, 0.4) is 0 Å². The minimum Gasteiger partial charge on any atom is -0.444 e. The van der Waals surface area contributed by atoms with Crippen molar-refractivity contribution < 1.29 is 18.8 Å². The Morgan fingerprint density at radius 1 is 1.39 bits per heavy atom. The number of amides is 1. The summed E-state index contributed by atoms with van der Waals surface area (Å²) in [5.41, 5.74) is 1.39.